The second-order valence-electron chi connectivity index (χ2n) is 3.54. The number of aromatic nitrogens is 1. The number of hydrogen-bond donors (Lipinski definition) is 0. The maximum Gasteiger partial charge on any atom is 0.0296 e. The molecule has 0 spiro atoms. The van der Waals surface area contributed by atoms with E-state index in [1.165, 1.54) is 0 Å². The largest absolute Gasteiger partial charge is 0.301 e. The Balaban J connectivity index is 0.00000128. The van der Waals surface area contributed by atoms with Crippen LogP contribution in [-0.2, 0) is 27.5 Å². The van der Waals surface area contributed by atoms with Gasteiger partial charge in [0.1, 0.15) is 0 Å². The maximum atomic E-state index is 4.60. The molecule has 1 aromatic heterocycles. The smallest absolute Gasteiger partial charge is 0.0296 e. The molecule has 0 atom stereocenters. The van der Waals surface area contributed by atoms with Crippen LogP contribution in [0.4, 0.5) is 0 Å². The maximum absolute atomic E-state index is 4.60. The second-order valence-corrected chi connectivity index (χ2v) is 3.54. The van der Waals surface area contributed by atoms with Gasteiger partial charge in [-0.3, -0.25) is 0 Å². The van der Waals surface area contributed by atoms with Gasteiger partial charge in [0, 0.05) is 26.8 Å². The van der Waals surface area contributed by atoms with E-state index in [4.69, 9.17) is 0 Å². The van der Waals surface area contributed by atoms with Crippen molar-refractivity contribution in [3.63, 3.8) is 0 Å². The number of nitrogens with zero attached hydrogens (tertiary/aromatic N) is 1. The van der Waals surface area contributed by atoms with Crippen molar-refractivity contribution in [1.82, 2.24) is 4.98 Å². The minimum absolute atomic E-state index is 0. The fourth-order valence-corrected chi connectivity index (χ4v) is 1.58. The van der Waals surface area contributed by atoms with E-state index in [9.17, 15) is 0 Å². The van der Waals surface area contributed by atoms with Gasteiger partial charge in [0.05, 0.1) is 0 Å². The quantitative estimate of drug-likeness (QED) is 0.730. The molecule has 86 valence electrons. The van der Waals surface area contributed by atoms with Crippen molar-refractivity contribution in [3.8, 4) is 11.3 Å². The summed E-state index contributed by atoms with van der Waals surface area (Å²) < 4.78 is 0. The molecule has 2 rings (SSSR count). The normalized spacial score (nSPS) is 9.56. The Morgan fingerprint density at radius 2 is 2.00 bits per heavy atom. The van der Waals surface area contributed by atoms with Crippen LogP contribution in [0.1, 0.15) is 19.0 Å². The van der Waals surface area contributed by atoms with Crippen molar-refractivity contribution >= 4 is 0 Å². The Morgan fingerprint density at radius 3 is 2.69 bits per heavy atom. The topological polar surface area (TPSA) is 12.9 Å². The first-order valence-corrected chi connectivity index (χ1v) is 5.33. The van der Waals surface area contributed by atoms with Crippen LogP contribution < -0.4 is 0 Å². The Kier molecular flexibility index (Phi) is 5.41. The average Bonchev–Trinajstić information content (AvgIpc) is 2.31. The number of hydrogen-bond acceptors (Lipinski definition) is 1. The number of benzene rings is 1. The van der Waals surface area contributed by atoms with Crippen molar-refractivity contribution in [1.29, 1.82) is 0 Å². The van der Waals surface area contributed by atoms with E-state index < -0.39 is 0 Å². The van der Waals surface area contributed by atoms with E-state index in [2.05, 4.69) is 30.1 Å². The summed E-state index contributed by atoms with van der Waals surface area (Å²) >= 11 is 0. The van der Waals surface area contributed by atoms with Gasteiger partial charge in [0.25, 0.3) is 0 Å². The summed E-state index contributed by atoms with van der Waals surface area (Å²) in [6.45, 7) is 2.17. The van der Waals surface area contributed by atoms with Gasteiger partial charge in [-0.2, -0.15) is 0 Å². The first-order valence-electron chi connectivity index (χ1n) is 5.33. The molecule has 0 aliphatic heterocycles. The van der Waals surface area contributed by atoms with E-state index in [-0.39, 0.29) is 21.1 Å². The van der Waals surface area contributed by atoms with Gasteiger partial charge < -0.3 is 4.98 Å². The summed E-state index contributed by atoms with van der Waals surface area (Å²) in [7, 11) is 0. The van der Waals surface area contributed by atoms with Crippen LogP contribution in [-0.4, -0.2) is 4.98 Å². The first-order chi connectivity index (χ1) is 7.40. The Labute approximate surface area is 111 Å². The van der Waals surface area contributed by atoms with Crippen molar-refractivity contribution in [3.05, 3.63) is 54.2 Å². The third-order valence-corrected chi connectivity index (χ3v) is 2.30. The van der Waals surface area contributed by atoms with Crippen LogP contribution in [0.3, 0.4) is 0 Å². The molecule has 1 aromatic carbocycles. The van der Waals surface area contributed by atoms with Gasteiger partial charge in [-0.15, -0.1) is 35.9 Å². The van der Waals surface area contributed by atoms with Gasteiger partial charge in [0.15, 0.2) is 0 Å². The Bertz CT molecular complexity index is 426. The predicted octanol–water partition coefficient (Wildman–Crippen LogP) is 3.50. The molecule has 1 heterocycles. The molecule has 0 N–H and O–H groups in total. The summed E-state index contributed by atoms with van der Waals surface area (Å²) in [6, 6.07) is 17.3. The Hall–Kier alpha value is -0.942. The van der Waals surface area contributed by atoms with Crippen molar-refractivity contribution in [2.75, 3.05) is 0 Å². The van der Waals surface area contributed by atoms with Crippen LogP contribution in [0, 0.1) is 6.07 Å². The molecule has 2 aromatic rings. The van der Waals surface area contributed by atoms with E-state index in [1.54, 1.807) is 0 Å². The van der Waals surface area contributed by atoms with Gasteiger partial charge in [-0.05, 0) is 18.2 Å². The fourth-order valence-electron chi connectivity index (χ4n) is 1.58. The summed E-state index contributed by atoms with van der Waals surface area (Å²) in [5.74, 6) is 0. The van der Waals surface area contributed by atoms with Gasteiger partial charge in [-0.1, -0.05) is 25.5 Å². The van der Waals surface area contributed by atoms with E-state index in [0.29, 0.717) is 0 Å². The third-order valence-electron chi connectivity index (χ3n) is 2.30. The molecule has 0 amide bonds. The van der Waals surface area contributed by atoms with Gasteiger partial charge >= 0.3 is 0 Å². The van der Waals surface area contributed by atoms with Crippen LogP contribution >= 0.6 is 0 Å². The third kappa shape index (κ3) is 3.28. The van der Waals surface area contributed by atoms with Crippen molar-refractivity contribution < 1.29 is 21.1 Å². The van der Waals surface area contributed by atoms with Crippen LogP contribution in [0.15, 0.2) is 42.5 Å². The molecular weight excluding hydrogens is 377 g/mol. The monoisotopic (exact) mass is 391 g/mol. The zero-order valence-electron chi connectivity index (χ0n) is 9.22. The zero-order chi connectivity index (χ0) is 10.5. The average molecular weight is 391 g/mol. The van der Waals surface area contributed by atoms with Crippen molar-refractivity contribution in [2.45, 2.75) is 19.8 Å². The molecule has 0 unspecified atom stereocenters. The molecular formula is C14H14NPt-. The predicted molar refractivity (Wildman–Crippen MR) is 62.5 cm³/mol. The molecule has 16 heavy (non-hydrogen) atoms. The van der Waals surface area contributed by atoms with Crippen molar-refractivity contribution in [2.24, 2.45) is 0 Å². The number of aryl methyl sites for hydroxylation is 1. The minimum Gasteiger partial charge on any atom is -0.301 e. The SMILES string of the molecule is CCCc1cccc(-c2[c-]cccc2)n1.[Pt]. The van der Waals surface area contributed by atoms with E-state index >= 15 is 0 Å². The molecule has 0 saturated carbocycles. The summed E-state index contributed by atoms with van der Waals surface area (Å²) in [6.07, 6.45) is 2.18. The molecule has 0 aliphatic rings. The van der Waals surface area contributed by atoms with Crippen LogP contribution in [0.5, 0.6) is 0 Å². The summed E-state index contributed by atoms with van der Waals surface area (Å²) in [4.78, 5) is 4.60. The summed E-state index contributed by atoms with van der Waals surface area (Å²) in [5, 5.41) is 0. The van der Waals surface area contributed by atoms with Gasteiger partial charge in [-0.25, -0.2) is 0 Å². The van der Waals surface area contributed by atoms with Crippen LogP contribution in [0.25, 0.3) is 11.3 Å². The minimum atomic E-state index is 0. The molecule has 0 bridgehead atoms. The fraction of sp³-hybridized carbons (Fsp3) is 0.214. The summed E-state index contributed by atoms with van der Waals surface area (Å²) in [5.41, 5.74) is 3.24. The first kappa shape index (κ1) is 13.1. The molecule has 0 saturated heterocycles. The number of rotatable bonds is 3. The zero-order valence-corrected chi connectivity index (χ0v) is 11.5. The Morgan fingerprint density at radius 1 is 1.12 bits per heavy atom. The standard InChI is InChI=1S/C14H14N.Pt/c1-2-7-13-10-6-11-14(15-13)12-8-4-3-5-9-12;/h3-6,8,10-11H,2,7H2,1H3;/q-1;. The molecule has 0 radical (unpaired) electrons. The van der Waals surface area contributed by atoms with E-state index in [0.717, 1.165) is 29.8 Å². The number of pyridine rings is 1. The van der Waals surface area contributed by atoms with Crippen LogP contribution in [0.2, 0.25) is 0 Å². The molecule has 2 heteroatoms. The molecule has 1 nitrogen and oxygen atoms in total. The second kappa shape index (κ2) is 6.60. The molecule has 0 aliphatic carbocycles. The van der Waals surface area contributed by atoms with E-state index in [1.807, 2.05) is 30.3 Å². The molecule has 0 fully saturated rings. The van der Waals surface area contributed by atoms with Gasteiger partial charge in [0.2, 0.25) is 0 Å².